The van der Waals surface area contributed by atoms with Gasteiger partial charge in [-0.2, -0.15) is 0 Å². The molecule has 0 aromatic rings. The summed E-state index contributed by atoms with van der Waals surface area (Å²) >= 11 is 0. The molecule has 1 saturated heterocycles. The second-order valence-electron chi connectivity index (χ2n) is 6.53. The van der Waals surface area contributed by atoms with Crippen molar-refractivity contribution in [1.29, 1.82) is 0 Å². The van der Waals surface area contributed by atoms with E-state index in [0.717, 1.165) is 45.3 Å². The molecule has 2 rings (SSSR count). The van der Waals surface area contributed by atoms with Crippen LogP contribution in [0.4, 0.5) is 4.79 Å². The summed E-state index contributed by atoms with van der Waals surface area (Å²) in [4.78, 5) is 11.9. The molecule has 2 fully saturated rings. The maximum absolute atomic E-state index is 11.9. The molecule has 0 aromatic carbocycles. The first-order valence-corrected chi connectivity index (χ1v) is 8.38. The van der Waals surface area contributed by atoms with Crippen molar-refractivity contribution in [1.82, 2.24) is 10.6 Å². The van der Waals surface area contributed by atoms with Gasteiger partial charge in [-0.25, -0.2) is 4.79 Å². The van der Waals surface area contributed by atoms with E-state index in [1.807, 2.05) is 6.92 Å². The van der Waals surface area contributed by atoms with Crippen LogP contribution in [0.3, 0.4) is 0 Å². The molecule has 0 unspecified atom stereocenters. The average Bonchev–Trinajstić information content (AvgIpc) is 2.34. The molecule has 21 heavy (non-hydrogen) atoms. The van der Waals surface area contributed by atoms with E-state index in [2.05, 4.69) is 24.5 Å². The van der Waals surface area contributed by atoms with E-state index in [1.165, 1.54) is 0 Å². The second-order valence-corrected chi connectivity index (χ2v) is 6.53. The van der Waals surface area contributed by atoms with Crippen molar-refractivity contribution in [2.45, 2.75) is 77.2 Å². The maximum atomic E-state index is 11.9. The molecule has 2 atom stereocenters. The lowest BCUT2D eigenvalue weighted by Crippen LogP contribution is -2.48. The normalized spacial score (nSPS) is 35.9. The summed E-state index contributed by atoms with van der Waals surface area (Å²) in [7, 11) is 0. The van der Waals surface area contributed by atoms with Gasteiger partial charge in [0.15, 0.2) is 0 Å². The third-order valence-electron chi connectivity index (χ3n) is 4.47. The second kappa shape index (κ2) is 7.99. The number of amides is 2. The number of hydrogen-bond acceptors (Lipinski definition) is 3. The van der Waals surface area contributed by atoms with Gasteiger partial charge < -0.3 is 20.1 Å². The van der Waals surface area contributed by atoms with Crippen molar-refractivity contribution in [3.8, 4) is 0 Å². The Balaban J connectivity index is 1.54. The van der Waals surface area contributed by atoms with Crippen LogP contribution in [0, 0.1) is 5.92 Å². The zero-order chi connectivity index (χ0) is 15.2. The molecule has 0 aromatic heterocycles. The standard InChI is InChI=1S/C16H30N2O3/c1-4-20-15-9-13(10-15)5-6-17-16(19)18-14-7-11(2)21-12(3)8-14/h11-15H,4-10H2,1-3H3,(H2,17,18,19)/t11-,12-,13?,15?/m1/s1. The number of hydrogen-bond donors (Lipinski definition) is 2. The van der Waals surface area contributed by atoms with E-state index in [1.54, 1.807) is 0 Å². The molecule has 2 aliphatic rings. The Morgan fingerprint density at radius 3 is 2.48 bits per heavy atom. The number of ether oxygens (including phenoxy) is 2. The van der Waals surface area contributed by atoms with Crippen LogP contribution in [0.15, 0.2) is 0 Å². The summed E-state index contributed by atoms with van der Waals surface area (Å²) < 4.78 is 11.2. The van der Waals surface area contributed by atoms with Gasteiger partial charge in [0, 0.05) is 19.2 Å². The quantitative estimate of drug-likeness (QED) is 0.792. The Morgan fingerprint density at radius 1 is 1.19 bits per heavy atom. The highest BCUT2D eigenvalue weighted by atomic mass is 16.5. The van der Waals surface area contributed by atoms with E-state index in [0.29, 0.717) is 12.0 Å². The fourth-order valence-electron chi connectivity index (χ4n) is 3.43. The SMILES string of the molecule is CCOC1CC(CCNC(=O)NC2C[C@@H](C)O[C@H](C)C2)C1. The third kappa shape index (κ3) is 5.47. The smallest absolute Gasteiger partial charge is 0.315 e. The monoisotopic (exact) mass is 298 g/mol. The Kier molecular flexibility index (Phi) is 6.30. The number of nitrogens with one attached hydrogen (secondary N) is 2. The van der Waals surface area contributed by atoms with Crippen LogP contribution in [-0.4, -0.2) is 43.5 Å². The summed E-state index contributed by atoms with van der Waals surface area (Å²) in [6, 6.07) is 0.191. The zero-order valence-electron chi connectivity index (χ0n) is 13.6. The van der Waals surface area contributed by atoms with E-state index >= 15 is 0 Å². The van der Waals surface area contributed by atoms with Crippen LogP contribution in [0.1, 0.15) is 52.9 Å². The van der Waals surface area contributed by atoms with Gasteiger partial charge in [0.05, 0.1) is 18.3 Å². The summed E-state index contributed by atoms with van der Waals surface area (Å²) in [6.07, 6.45) is 6.05. The van der Waals surface area contributed by atoms with Crippen molar-refractivity contribution in [3.05, 3.63) is 0 Å². The Morgan fingerprint density at radius 2 is 1.86 bits per heavy atom. The van der Waals surface area contributed by atoms with Gasteiger partial charge in [-0.15, -0.1) is 0 Å². The molecular formula is C16H30N2O3. The molecule has 1 heterocycles. The van der Waals surface area contributed by atoms with Gasteiger partial charge in [-0.05, 0) is 58.8 Å². The first kappa shape index (κ1) is 16.6. The highest BCUT2D eigenvalue weighted by Crippen LogP contribution is 2.32. The van der Waals surface area contributed by atoms with Crippen LogP contribution in [-0.2, 0) is 9.47 Å². The van der Waals surface area contributed by atoms with Gasteiger partial charge in [-0.3, -0.25) is 0 Å². The fourth-order valence-corrected chi connectivity index (χ4v) is 3.43. The zero-order valence-corrected chi connectivity index (χ0v) is 13.6. The van der Waals surface area contributed by atoms with Crippen molar-refractivity contribution < 1.29 is 14.3 Å². The molecule has 122 valence electrons. The molecular weight excluding hydrogens is 268 g/mol. The van der Waals surface area contributed by atoms with Crippen molar-refractivity contribution in [3.63, 3.8) is 0 Å². The molecule has 2 N–H and O–H groups in total. The number of rotatable bonds is 6. The van der Waals surface area contributed by atoms with Crippen molar-refractivity contribution in [2.75, 3.05) is 13.2 Å². The van der Waals surface area contributed by atoms with Gasteiger partial charge in [-0.1, -0.05) is 0 Å². The molecule has 1 aliphatic carbocycles. The Labute approximate surface area is 128 Å². The van der Waals surface area contributed by atoms with E-state index in [4.69, 9.17) is 9.47 Å². The number of carbonyl (C=O) groups is 1. The summed E-state index contributed by atoms with van der Waals surface area (Å²) in [5, 5.41) is 6.04. The molecule has 0 radical (unpaired) electrons. The van der Waals surface area contributed by atoms with E-state index < -0.39 is 0 Å². The molecule has 5 nitrogen and oxygen atoms in total. The van der Waals surface area contributed by atoms with E-state index in [-0.39, 0.29) is 24.3 Å². The topological polar surface area (TPSA) is 59.6 Å². The largest absolute Gasteiger partial charge is 0.378 e. The number of urea groups is 1. The van der Waals surface area contributed by atoms with Gasteiger partial charge in [0.2, 0.25) is 0 Å². The van der Waals surface area contributed by atoms with E-state index in [9.17, 15) is 4.79 Å². The molecule has 5 heteroatoms. The highest BCUT2D eigenvalue weighted by Gasteiger charge is 2.29. The average molecular weight is 298 g/mol. The lowest BCUT2D eigenvalue weighted by molar-refractivity contribution is -0.0402. The Bertz CT molecular complexity index is 321. The van der Waals surface area contributed by atoms with Gasteiger partial charge in [0.1, 0.15) is 0 Å². The summed E-state index contributed by atoms with van der Waals surface area (Å²) in [5.74, 6) is 0.713. The lowest BCUT2D eigenvalue weighted by Gasteiger charge is -2.35. The molecule has 2 amide bonds. The fraction of sp³-hybridized carbons (Fsp3) is 0.938. The van der Waals surface area contributed by atoms with Crippen molar-refractivity contribution >= 4 is 6.03 Å². The third-order valence-corrected chi connectivity index (χ3v) is 4.47. The summed E-state index contributed by atoms with van der Waals surface area (Å²) in [5.41, 5.74) is 0. The lowest BCUT2D eigenvalue weighted by atomic mass is 9.80. The predicted molar refractivity (Wildman–Crippen MR) is 82.3 cm³/mol. The first-order valence-electron chi connectivity index (χ1n) is 8.38. The van der Waals surface area contributed by atoms with Crippen LogP contribution >= 0.6 is 0 Å². The summed E-state index contributed by atoms with van der Waals surface area (Å²) in [6.45, 7) is 7.72. The number of carbonyl (C=O) groups excluding carboxylic acids is 1. The Hall–Kier alpha value is -0.810. The van der Waals surface area contributed by atoms with Gasteiger partial charge >= 0.3 is 6.03 Å². The minimum absolute atomic E-state index is 0.0398. The van der Waals surface area contributed by atoms with Gasteiger partial charge in [0.25, 0.3) is 0 Å². The van der Waals surface area contributed by atoms with Crippen LogP contribution < -0.4 is 10.6 Å². The van der Waals surface area contributed by atoms with Crippen LogP contribution in [0.2, 0.25) is 0 Å². The molecule has 1 aliphatic heterocycles. The van der Waals surface area contributed by atoms with Crippen molar-refractivity contribution in [2.24, 2.45) is 5.92 Å². The van der Waals surface area contributed by atoms with Crippen LogP contribution in [0.5, 0.6) is 0 Å². The van der Waals surface area contributed by atoms with Crippen LogP contribution in [0.25, 0.3) is 0 Å². The highest BCUT2D eigenvalue weighted by molar-refractivity contribution is 5.74. The molecule has 0 bridgehead atoms. The minimum atomic E-state index is -0.0398. The first-order chi connectivity index (χ1) is 10.1. The predicted octanol–water partition coefficient (Wildman–Crippen LogP) is 2.45. The minimum Gasteiger partial charge on any atom is -0.378 e. The molecule has 1 saturated carbocycles. The maximum Gasteiger partial charge on any atom is 0.315 e. The molecule has 0 spiro atoms.